The summed E-state index contributed by atoms with van der Waals surface area (Å²) in [6.07, 6.45) is 1.71. The van der Waals surface area contributed by atoms with E-state index in [1.165, 1.54) is 12.1 Å². The standard InChI is InChI=1S/C13H16FNO2/c1-10-8-15(3-2-4-17-10)13-6-11(9-16)5-12(14)7-13/h5-7,9-10H,2-4,8H2,1H3. The Morgan fingerprint density at radius 1 is 1.47 bits per heavy atom. The highest BCUT2D eigenvalue weighted by Crippen LogP contribution is 2.20. The van der Waals surface area contributed by atoms with Crippen molar-refractivity contribution in [1.82, 2.24) is 0 Å². The van der Waals surface area contributed by atoms with Crippen LogP contribution in [-0.4, -0.2) is 32.1 Å². The Morgan fingerprint density at radius 3 is 3.06 bits per heavy atom. The smallest absolute Gasteiger partial charge is 0.150 e. The molecule has 1 unspecified atom stereocenters. The van der Waals surface area contributed by atoms with Crippen LogP contribution in [0.5, 0.6) is 0 Å². The van der Waals surface area contributed by atoms with Crippen molar-refractivity contribution < 1.29 is 13.9 Å². The summed E-state index contributed by atoms with van der Waals surface area (Å²) in [5.41, 5.74) is 1.13. The molecule has 3 nitrogen and oxygen atoms in total. The topological polar surface area (TPSA) is 29.5 Å². The fourth-order valence-corrected chi connectivity index (χ4v) is 2.08. The van der Waals surface area contributed by atoms with E-state index in [2.05, 4.69) is 4.90 Å². The molecular formula is C13H16FNO2. The molecule has 0 N–H and O–H groups in total. The Balaban J connectivity index is 2.25. The van der Waals surface area contributed by atoms with Gasteiger partial charge in [-0.1, -0.05) is 0 Å². The molecule has 2 rings (SSSR count). The van der Waals surface area contributed by atoms with Crippen LogP contribution < -0.4 is 4.90 Å². The highest BCUT2D eigenvalue weighted by Gasteiger charge is 2.16. The molecule has 1 aromatic rings. The summed E-state index contributed by atoms with van der Waals surface area (Å²) in [6.45, 7) is 4.28. The van der Waals surface area contributed by atoms with E-state index in [1.54, 1.807) is 6.07 Å². The van der Waals surface area contributed by atoms with Crippen LogP contribution >= 0.6 is 0 Å². The molecule has 0 spiro atoms. The molecule has 1 saturated heterocycles. The average Bonchev–Trinajstić information content (AvgIpc) is 2.53. The number of halogens is 1. The summed E-state index contributed by atoms with van der Waals surface area (Å²) >= 11 is 0. The van der Waals surface area contributed by atoms with Crippen molar-refractivity contribution in [2.45, 2.75) is 19.4 Å². The first-order valence-corrected chi connectivity index (χ1v) is 5.81. The molecule has 1 aliphatic rings. The molecule has 1 aromatic carbocycles. The second kappa shape index (κ2) is 5.27. The minimum atomic E-state index is -0.373. The fraction of sp³-hybridized carbons (Fsp3) is 0.462. The molecule has 1 aliphatic heterocycles. The Kier molecular flexibility index (Phi) is 3.74. The van der Waals surface area contributed by atoms with E-state index in [0.717, 1.165) is 31.8 Å². The molecule has 17 heavy (non-hydrogen) atoms. The lowest BCUT2D eigenvalue weighted by Crippen LogP contribution is -2.30. The second-order valence-corrected chi connectivity index (χ2v) is 4.34. The van der Waals surface area contributed by atoms with Crippen molar-refractivity contribution in [2.75, 3.05) is 24.6 Å². The molecule has 0 amide bonds. The molecule has 0 aliphatic carbocycles. The lowest BCUT2D eigenvalue weighted by Gasteiger charge is -2.24. The van der Waals surface area contributed by atoms with Crippen LogP contribution in [0.15, 0.2) is 18.2 Å². The first-order valence-electron chi connectivity index (χ1n) is 5.81. The normalized spacial score (nSPS) is 21.1. The second-order valence-electron chi connectivity index (χ2n) is 4.34. The monoisotopic (exact) mass is 237 g/mol. The Labute approximate surface area is 100 Å². The number of carbonyl (C=O) groups is 1. The quantitative estimate of drug-likeness (QED) is 0.739. The van der Waals surface area contributed by atoms with E-state index in [-0.39, 0.29) is 11.9 Å². The van der Waals surface area contributed by atoms with Crippen molar-refractivity contribution in [3.8, 4) is 0 Å². The summed E-state index contributed by atoms with van der Waals surface area (Å²) in [5.74, 6) is -0.373. The SMILES string of the molecule is CC1CN(c2cc(F)cc(C=O)c2)CCCO1. The zero-order valence-electron chi connectivity index (χ0n) is 9.86. The molecule has 4 heteroatoms. The van der Waals surface area contributed by atoms with Gasteiger partial charge in [-0.25, -0.2) is 4.39 Å². The summed E-state index contributed by atoms with van der Waals surface area (Å²) < 4.78 is 18.9. The number of rotatable bonds is 2. The summed E-state index contributed by atoms with van der Waals surface area (Å²) in [7, 11) is 0. The van der Waals surface area contributed by atoms with E-state index >= 15 is 0 Å². The van der Waals surface area contributed by atoms with Crippen LogP contribution in [-0.2, 0) is 4.74 Å². The number of carbonyl (C=O) groups excluding carboxylic acids is 1. The van der Waals surface area contributed by atoms with Crippen molar-refractivity contribution >= 4 is 12.0 Å². The maximum absolute atomic E-state index is 13.4. The van der Waals surface area contributed by atoms with E-state index in [0.29, 0.717) is 11.8 Å². The number of aldehydes is 1. The van der Waals surface area contributed by atoms with Crippen molar-refractivity contribution in [3.05, 3.63) is 29.6 Å². The van der Waals surface area contributed by atoms with Crippen LogP contribution in [0, 0.1) is 5.82 Å². The van der Waals surface area contributed by atoms with Gasteiger partial charge in [0.25, 0.3) is 0 Å². The van der Waals surface area contributed by atoms with E-state index < -0.39 is 0 Å². The van der Waals surface area contributed by atoms with E-state index in [1.807, 2.05) is 6.92 Å². The molecule has 1 atom stereocenters. The molecule has 92 valence electrons. The molecule has 1 fully saturated rings. The molecular weight excluding hydrogens is 221 g/mol. The van der Waals surface area contributed by atoms with Crippen LogP contribution in [0.2, 0.25) is 0 Å². The van der Waals surface area contributed by atoms with Crippen LogP contribution in [0.4, 0.5) is 10.1 Å². The third-order valence-electron chi connectivity index (χ3n) is 2.86. The maximum Gasteiger partial charge on any atom is 0.150 e. The number of benzene rings is 1. The Hall–Kier alpha value is -1.42. The average molecular weight is 237 g/mol. The van der Waals surface area contributed by atoms with Gasteiger partial charge in [-0.05, 0) is 31.5 Å². The lowest BCUT2D eigenvalue weighted by molar-refractivity contribution is 0.0821. The number of hydrogen-bond acceptors (Lipinski definition) is 3. The van der Waals surface area contributed by atoms with Crippen molar-refractivity contribution in [2.24, 2.45) is 0 Å². The first-order chi connectivity index (χ1) is 8.19. The molecule has 0 aromatic heterocycles. The predicted octanol–water partition coefficient (Wildman–Crippen LogP) is 2.25. The van der Waals surface area contributed by atoms with Gasteiger partial charge in [-0.15, -0.1) is 0 Å². The largest absolute Gasteiger partial charge is 0.377 e. The zero-order valence-corrected chi connectivity index (χ0v) is 9.86. The van der Waals surface area contributed by atoms with Crippen molar-refractivity contribution in [1.29, 1.82) is 0 Å². The van der Waals surface area contributed by atoms with E-state index in [9.17, 15) is 9.18 Å². The van der Waals surface area contributed by atoms with Gasteiger partial charge in [0, 0.05) is 30.9 Å². The molecule has 0 radical (unpaired) electrons. The highest BCUT2D eigenvalue weighted by atomic mass is 19.1. The number of ether oxygens (including phenoxy) is 1. The van der Waals surface area contributed by atoms with Crippen LogP contribution in [0.1, 0.15) is 23.7 Å². The molecule has 0 saturated carbocycles. The van der Waals surface area contributed by atoms with Gasteiger partial charge >= 0.3 is 0 Å². The summed E-state index contributed by atoms with van der Waals surface area (Å²) in [4.78, 5) is 12.8. The maximum atomic E-state index is 13.4. The molecule has 0 bridgehead atoms. The highest BCUT2D eigenvalue weighted by molar-refractivity contribution is 5.77. The number of hydrogen-bond donors (Lipinski definition) is 0. The van der Waals surface area contributed by atoms with Crippen molar-refractivity contribution in [3.63, 3.8) is 0 Å². The minimum Gasteiger partial charge on any atom is -0.377 e. The summed E-state index contributed by atoms with van der Waals surface area (Å²) in [6, 6.07) is 4.42. The molecule has 1 heterocycles. The fourth-order valence-electron chi connectivity index (χ4n) is 2.08. The lowest BCUT2D eigenvalue weighted by atomic mass is 10.2. The van der Waals surface area contributed by atoms with E-state index in [4.69, 9.17) is 4.74 Å². The third-order valence-corrected chi connectivity index (χ3v) is 2.86. The van der Waals surface area contributed by atoms with Gasteiger partial charge in [-0.3, -0.25) is 4.79 Å². The first kappa shape index (κ1) is 12.0. The van der Waals surface area contributed by atoms with Gasteiger partial charge in [0.05, 0.1) is 6.10 Å². The van der Waals surface area contributed by atoms with Gasteiger partial charge in [0.15, 0.2) is 0 Å². The minimum absolute atomic E-state index is 0.125. The zero-order chi connectivity index (χ0) is 12.3. The Morgan fingerprint density at radius 2 is 2.29 bits per heavy atom. The third kappa shape index (κ3) is 3.03. The van der Waals surface area contributed by atoms with Crippen LogP contribution in [0.25, 0.3) is 0 Å². The Bertz CT molecular complexity index is 408. The van der Waals surface area contributed by atoms with Gasteiger partial charge < -0.3 is 9.64 Å². The predicted molar refractivity (Wildman–Crippen MR) is 64.0 cm³/mol. The number of nitrogens with zero attached hydrogens (tertiary/aromatic N) is 1. The van der Waals surface area contributed by atoms with Gasteiger partial charge in [-0.2, -0.15) is 0 Å². The van der Waals surface area contributed by atoms with Crippen LogP contribution in [0.3, 0.4) is 0 Å². The summed E-state index contributed by atoms with van der Waals surface area (Å²) in [5, 5.41) is 0. The van der Waals surface area contributed by atoms with Gasteiger partial charge in [0.2, 0.25) is 0 Å². The van der Waals surface area contributed by atoms with Gasteiger partial charge in [0.1, 0.15) is 12.1 Å². The number of anilines is 1.